The lowest BCUT2D eigenvalue weighted by molar-refractivity contribution is -0.115. The van der Waals surface area contributed by atoms with E-state index >= 15 is 0 Å². The van der Waals surface area contributed by atoms with Gasteiger partial charge >= 0.3 is 0 Å². The predicted molar refractivity (Wildman–Crippen MR) is 82.7 cm³/mol. The lowest BCUT2D eigenvalue weighted by atomic mass is 10.1. The molecule has 2 aromatic carbocycles. The average Bonchev–Trinajstić information content (AvgIpc) is 2.44. The molecule has 0 bridgehead atoms. The van der Waals surface area contributed by atoms with Crippen LogP contribution in [0.3, 0.4) is 0 Å². The fourth-order valence-corrected chi connectivity index (χ4v) is 2.10. The van der Waals surface area contributed by atoms with Crippen LogP contribution in [0.5, 0.6) is 0 Å². The minimum atomic E-state index is 0.0145. The van der Waals surface area contributed by atoms with Crippen molar-refractivity contribution in [2.24, 2.45) is 0 Å². The molecular weight excluding hydrogens is 248 g/mol. The Morgan fingerprint density at radius 3 is 2.40 bits per heavy atom. The summed E-state index contributed by atoms with van der Waals surface area (Å²) in [5.41, 5.74) is 4.25. The third-order valence-corrected chi connectivity index (χ3v) is 3.23. The Morgan fingerprint density at radius 2 is 1.75 bits per heavy atom. The number of aryl methyl sites for hydroxylation is 1. The summed E-state index contributed by atoms with van der Waals surface area (Å²) >= 11 is 0. The molecule has 0 heterocycles. The van der Waals surface area contributed by atoms with E-state index < -0.39 is 0 Å². The van der Waals surface area contributed by atoms with E-state index in [1.165, 1.54) is 5.56 Å². The standard InChI is InChI=1S/C17H20N2O/c1-13-5-3-4-6-15(13)11-17(20)19-16-9-7-14(8-10-16)12-18-2/h3-10,18H,11-12H2,1-2H3,(H,19,20). The first kappa shape index (κ1) is 14.3. The Hall–Kier alpha value is -2.13. The molecule has 0 atom stereocenters. The highest BCUT2D eigenvalue weighted by atomic mass is 16.1. The first-order valence-electron chi connectivity index (χ1n) is 6.77. The molecule has 2 N–H and O–H groups in total. The van der Waals surface area contributed by atoms with Gasteiger partial charge in [-0.15, -0.1) is 0 Å². The number of anilines is 1. The summed E-state index contributed by atoms with van der Waals surface area (Å²) in [7, 11) is 1.91. The second-order valence-corrected chi connectivity index (χ2v) is 4.88. The summed E-state index contributed by atoms with van der Waals surface area (Å²) in [5.74, 6) is 0.0145. The van der Waals surface area contributed by atoms with Crippen molar-refractivity contribution in [2.45, 2.75) is 19.9 Å². The lowest BCUT2D eigenvalue weighted by Gasteiger charge is -2.08. The fourth-order valence-electron chi connectivity index (χ4n) is 2.10. The molecule has 0 spiro atoms. The van der Waals surface area contributed by atoms with Crippen LogP contribution in [0.2, 0.25) is 0 Å². The quantitative estimate of drug-likeness (QED) is 0.875. The van der Waals surface area contributed by atoms with Crippen LogP contribution >= 0.6 is 0 Å². The van der Waals surface area contributed by atoms with Gasteiger partial charge in [-0.1, -0.05) is 36.4 Å². The normalized spacial score (nSPS) is 10.3. The predicted octanol–water partition coefficient (Wildman–Crippen LogP) is 2.90. The largest absolute Gasteiger partial charge is 0.326 e. The Balaban J connectivity index is 1.96. The molecule has 104 valence electrons. The first-order valence-corrected chi connectivity index (χ1v) is 6.77. The van der Waals surface area contributed by atoms with E-state index in [0.717, 1.165) is 23.4 Å². The number of amides is 1. The van der Waals surface area contributed by atoms with Crippen LogP contribution in [0.1, 0.15) is 16.7 Å². The number of hydrogen-bond donors (Lipinski definition) is 2. The van der Waals surface area contributed by atoms with Gasteiger partial charge in [0.05, 0.1) is 6.42 Å². The molecule has 0 saturated carbocycles. The Kier molecular flexibility index (Phi) is 4.91. The highest BCUT2D eigenvalue weighted by Crippen LogP contribution is 2.12. The third-order valence-electron chi connectivity index (χ3n) is 3.23. The Morgan fingerprint density at radius 1 is 1.05 bits per heavy atom. The molecule has 3 heteroatoms. The van der Waals surface area contributed by atoms with E-state index in [-0.39, 0.29) is 5.91 Å². The monoisotopic (exact) mass is 268 g/mol. The maximum atomic E-state index is 12.0. The Labute approximate surface area is 120 Å². The molecule has 0 aliphatic heterocycles. The number of carbonyl (C=O) groups excluding carboxylic acids is 1. The van der Waals surface area contributed by atoms with Crippen molar-refractivity contribution in [3.8, 4) is 0 Å². The topological polar surface area (TPSA) is 41.1 Å². The van der Waals surface area contributed by atoms with Gasteiger partial charge in [0.2, 0.25) is 5.91 Å². The third kappa shape index (κ3) is 3.93. The van der Waals surface area contributed by atoms with Crippen molar-refractivity contribution in [1.29, 1.82) is 0 Å². The van der Waals surface area contributed by atoms with Gasteiger partial charge in [0.25, 0.3) is 0 Å². The minimum Gasteiger partial charge on any atom is -0.326 e. The second kappa shape index (κ2) is 6.87. The van der Waals surface area contributed by atoms with Crippen LogP contribution < -0.4 is 10.6 Å². The van der Waals surface area contributed by atoms with E-state index in [0.29, 0.717) is 6.42 Å². The zero-order valence-electron chi connectivity index (χ0n) is 11.9. The van der Waals surface area contributed by atoms with Gasteiger partial charge in [-0.2, -0.15) is 0 Å². The molecule has 2 rings (SSSR count). The van der Waals surface area contributed by atoms with Crippen molar-refractivity contribution in [3.63, 3.8) is 0 Å². The van der Waals surface area contributed by atoms with E-state index in [1.54, 1.807) is 0 Å². The molecule has 0 radical (unpaired) electrons. The van der Waals surface area contributed by atoms with Crippen LogP contribution in [0.4, 0.5) is 5.69 Å². The van der Waals surface area contributed by atoms with Crippen molar-refractivity contribution in [1.82, 2.24) is 5.32 Å². The number of benzene rings is 2. The van der Waals surface area contributed by atoms with Crippen LogP contribution in [-0.2, 0) is 17.8 Å². The van der Waals surface area contributed by atoms with Gasteiger partial charge in [-0.25, -0.2) is 0 Å². The molecule has 3 nitrogen and oxygen atoms in total. The highest BCUT2D eigenvalue weighted by Gasteiger charge is 2.06. The number of rotatable bonds is 5. The minimum absolute atomic E-state index is 0.0145. The Bertz CT molecular complexity index is 576. The van der Waals surface area contributed by atoms with Crippen molar-refractivity contribution < 1.29 is 4.79 Å². The molecule has 1 amide bonds. The maximum Gasteiger partial charge on any atom is 0.228 e. The lowest BCUT2D eigenvalue weighted by Crippen LogP contribution is -2.15. The van der Waals surface area contributed by atoms with E-state index in [9.17, 15) is 4.79 Å². The summed E-state index contributed by atoms with van der Waals surface area (Å²) in [6.45, 7) is 2.85. The van der Waals surface area contributed by atoms with E-state index in [4.69, 9.17) is 0 Å². The molecule has 0 saturated heterocycles. The van der Waals surface area contributed by atoms with Crippen LogP contribution in [0, 0.1) is 6.92 Å². The molecule has 0 aliphatic carbocycles. The van der Waals surface area contributed by atoms with Crippen LogP contribution in [0.15, 0.2) is 48.5 Å². The molecule has 0 aliphatic rings. The fraction of sp³-hybridized carbons (Fsp3) is 0.235. The zero-order chi connectivity index (χ0) is 14.4. The molecule has 2 aromatic rings. The second-order valence-electron chi connectivity index (χ2n) is 4.88. The zero-order valence-corrected chi connectivity index (χ0v) is 11.9. The van der Waals surface area contributed by atoms with Crippen LogP contribution in [0.25, 0.3) is 0 Å². The molecule has 0 aromatic heterocycles. The van der Waals surface area contributed by atoms with Gasteiger partial charge in [0.1, 0.15) is 0 Å². The number of hydrogen-bond acceptors (Lipinski definition) is 2. The van der Waals surface area contributed by atoms with Crippen molar-refractivity contribution in [2.75, 3.05) is 12.4 Å². The summed E-state index contributed by atoms with van der Waals surface area (Å²) in [6.07, 6.45) is 0.408. The maximum absolute atomic E-state index is 12.0. The van der Waals surface area contributed by atoms with Gasteiger partial charge in [0, 0.05) is 12.2 Å². The summed E-state index contributed by atoms with van der Waals surface area (Å²) in [6, 6.07) is 15.9. The number of carbonyl (C=O) groups is 1. The van der Waals surface area contributed by atoms with Crippen LogP contribution in [-0.4, -0.2) is 13.0 Å². The molecule has 0 unspecified atom stereocenters. The molecule has 20 heavy (non-hydrogen) atoms. The van der Waals surface area contributed by atoms with Crippen molar-refractivity contribution in [3.05, 3.63) is 65.2 Å². The summed E-state index contributed by atoms with van der Waals surface area (Å²) < 4.78 is 0. The SMILES string of the molecule is CNCc1ccc(NC(=O)Cc2ccccc2C)cc1. The summed E-state index contributed by atoms with van der Waals surface area (Å²) in [4.78, 5) is 12.0. The van der Waals surface area contributed by atoms with Gasteiger partial charge in [-0.3, -0.25) is 4.79 Å². The first-order chi connectivity index (χ1) is 9.69. The van der Waals surface area contributed by atoms with Gasteiger partial charge < -0.3 is 10.6 Å². The smallest absolute Gasteiger partial charge is 0.228 e. The van der Waals surface area contributed by atoms with E-state index in [2.05, 4.69) is 10.6 Å². The average molecular weight is 268 g/mol. The highest BCUT2D eigenvalue weighted by molar-refractivity contribution is 5.92. The van der Waals surface area contributed by atoms with Crippen molar-refractivity contribution >= 4 is 11.6 Å². The number of nitrogens with one attached hydrogen (secondary N) is 2. The summed E-state index contributed by atoms with van der Waals surface area (Å²) in [5, 5.41) is 6.02. The molecule has 0 fully saturated rings. The molecular formula is C17H20N2O. The van der Waals surface area contributed by atoms with E-state index in [1.807, 2.05) is 62.5 Å². The van der Waals surface area contributed by atoms with Gasteiger partial charge in [0.15, 0.2) is 0 Å². The van der Waals surface area contributed by atoms with Gasteiger partial charge in [-0.05, 0) is 42.8 Å².